The second kappa shape index (κ2) is 8.91. The molecule has 2 rings (SSSR count). The van der Waals surface area contributed by atoms with Gasteiger partial charge in [0, 0.05) is 23.7 Å². The van der Waals surface area contributed by atoms with Crippen LogP contribution in [0, 0.1) is 5.92 Å². The van der Waals surface area contributed by atoms with Gasteiger partial charge in [-0.25, -0.2) is 0 Å². The van der Waals surface area contributed by atoms with Gasteiger partial charge in [-0.3, -0.25) is 9.59 Å². The highest BCUT2D eigenvalue weighted by atomic mass is 35.5. The van der Waals surface area contributed by atoms with Crippen molar-refractivity contribution < 1.29 is 9.59 Å². The number of carbonyl (C=O) groups is 2. The first-order valence-corrected chi connectivity index (χ1v) is 7.73. The first-order valence-electron chi connectivity index (χ1n) is 7.73. The van der Waals surface area contributed by atoms with E-state index >= 15 is 0 Å². The van der Waals surface area contributed by atoms with Gasteiger partial charge in [0.15, 0.2) is 5.78 Å². The van der Waals surface area contributed by atoms with Crippen molar-refractivity contribution in [3.05, 3.63) is 35.4 Å². The third-order valence-electron chi connectivity index (χ3n) is 4.34. The molecule has 1 aromatic carbocycles. The van der Waals surface area contributed by atoms with Gasteiger partial charge in [0.05, 0.1) is 0 Å². The number of rotatable bonds is 5. The molecule has 0 bridgehead atoms. The monoisotopic (exact) mass is 324 g/mol. The van der Waals surface area contributed by atoms with Gasteiger partial charge in [-0.05, 0) is 37.8 Å². The molecular weight excluding hydrogens is 300 g/mol. The Bertz CT molecular complexity index is 496. The van der Waals surface area contributed by atoms with Gasteiger partial charge in [-0.2, -0.15) is 0 Å². The maximum Gasteiger partial charge on any atom is 0.251 e. The summed E-state index contributed by atoms with van der Waals surface area (Å²) in [6.07, 6.45) is 6.03. The molecule has 0 aliphatic heterocycles. The molecule has 3 N–H and O–H groups in total. The standard InChI is InChI=1S/C17H24N2O2.ClH/c1-12(20)13-7-9-15(10-8-13)17(21)19-16(11-18)14-5-3-2-4-6-14;/h7-10,14,16H,2-6,11,18H2,1H3,(H,19,21);1H. The number of nitrogens with one attached hydrogen (secondary N) is 1. The number of ketones is 1. The molecule has 1 saturated carbocycles. The SMILES string of the molecule is CC(=O)c1ccc(C(=O)NC(CN)C2CCCCC2)cc1.Cl. The van der Waals surface area contributed by atoms with Crippen molar-refractivity contribution in [1.82, 2.24) is 5.32 Å². The third kappa shape index (κ3) is 4.82. The van der Waals surface area contributed by atoms with Gasteiger partial charge in [-0.1, -0.05) is 31.4 Å². The lowest BCUT2D eigenvalue weighted by molar-refractivity contribution is 0.0914. The number of hydrogen-bond acceptors (Lipinski definition) is 3. The molecule has 1 aliphatic rings. The van der Waals surface area contributed by atoms with Gasteiger partial charge in [0.25, 0.3) is 5.91 Å². The van der Waals surface area contributed by atoms with Crippen LogP contribution in [0.2, 0.25) is 0 Å². The first kappa shape index (κ1) is 18.7. The van der Waals surface area contributed by atoms with Crippen molar-refractivity contribution in [2.75, 3.05) is 6.54 Å². The second-order valence-electron chi connectivity index (χ2n) is 5.85. The zero-order valence-corrected chi connectivity index (χ0v) is 13.8. The largest absolute Gasteiger partial charge is 0.348 e. The van der Waals surface area contributed by atoms with Crippen LogP contribution >= 0.6 is 12.4 Å². The van der Waals surface area contributed by atoms with Crippen molar-refractivity contribution in [3.8, 4) is 0 Å². The Morgan fingerprint density at radius 3 is 2.18 bits per heavy atom. The molecule has 122 valence electrons. The molecule has 1 amide bonds. The topological polar surface area (TPSA) is 72.2 Å². The molecule has 1 aliphatic carbocycles. The molecule has 0 aromatic heterocycles. The van der Waals surface area contributed by atoms with Gasteiger partial charge in [0.2, 0.25) is 0 Å². The maximum absolute atomic E-state index is 12.3. The zero-order chi connectivity index (χ0) is 15.2. The lowest BCUT2D eigenvalue weighted by Crippen LogP contribution is -2.45. The molecule has 0 radical (unpaired) electrons. The van der Waals surface area contributed by atoms with E-state index in [1.165, 1.54) is 26.2 Å². The molecule has 1 aromatic rings. The summed E-state index contributed by atoms with van der Waals surface area (Å²) in [7, 11) is 0. The summed E-state index contributed by atoms with van der Waals surface area (Å²) in [5.41, 5.74) is 7.03. The van der Waals surface area contributed by atoms with E-state index in [-0.39, 0.29) is 30.1 Å². The third-order valence-corrected chi connectivity index (χ3v) is 4.34. The summed E-state index contributed by atoms with van der Waals surface area (Å²) in [6, 6.07) is 6.82. The minimum atomic E-state index is -0.105. The minimum absolute atomic E-state index is 0. The van der Waals surface area contributed by atoms with E-state index in [9.17, 15) is 9.59 Å². The summed E-state index contributed by atoms with van der Waals surface area (Å²) < 4.78 is 0. The predicted octanol–water partition coefficient (Wildman–Crippen LogP) is 2.95. The maximum atomic E-state index is 12.3. The van der Waals surface area contributed by atoms with Crippen LogP contribution < -0.4 is 11.1 Å². The van der Waals surface area contributed by atoms with Crippen molar-refractivity contribution >= 4 is 24.1 Å². The van der Waals surface area contributed by atoms with Crippen LogP contribution in [0.1, 0.15) is 59.7 Å². The number of Topliss-reactive ketones (excluding diaryl/α,β-unsaturated/α-hetero) is 1. The highest BCUT2D eigenvalue weighted by Gasteiger charge is 2.24. The number of halogens is 1. The lowest BCUT2D eigenvalue weighted by atomic mass is 9.84. The van der Waals surface area contributed by atoms with E-state index in [4.69, 9.17) is 5.73 Å². The van der Waals surface area contributed by atoms with Crippen molar-refractivity contribution in [3.63, 3.8) is 0 Å². The fraction of sp³-hybridized carbons (Fsp3) is 0.529. The van der Waals surface area contributed by atoms with Crippen LogP contribution in [-0.2, 0) is 0 Å². The molecule has 0 saturated heterocycles. The number of benzene rings is 1. The smallest absolute Gasteiger partial charge is 0.251 e. The van der Waals surface area contributed by atoms with Crippen molar-refractivity contribution in [2.24, 2.45) is 11.7 Å². The lowest BCUT2D eigenvalue weighted by Gasteiger charge is -2.30. The summed E-state index contributed by atoms with van der Waals surface area (Å²) >= 11 is 0. The van der Waals surface area contributed by atoms with E-state index in [0.717, 1.165) is 12.8 Å². The Labute approximate surface area is 138 Å². The van der Waals surface area contributed by atoms with Gasteiger partial charge in [0.1, 0.15) is 0 Å². The molecule has 0 heterocycles. The van der Waals surface area contributed by atoms with E-state index < -0.39 is 0 Å². The average molecular weight is 325 g/mol. The number of amides is 1. The van der Waals surface area contributed by atoms with Crippen LogP contribution in [-0.4, -0.2) is 24.3 Å². The fourth-order valence-electron chi connectivity index (χ4n) is 3.01. The number of carbonyl (C=O) groups excluding carboxylic acids is 2. The highest BCUT2D eigenvalue weighted by molar-refractivity contribution is 5.97. The Morgan fingerprint density at radius 2 is 1.68 bits per heavy atom. The summed E-state index contributed by atoms with van der Waals surface area (Å²) in [6.45, 7) is 1.99. The van der Waals surface area contributed by atoms with Crippen LogP contribution in [0.15, 0.2) is 24.3 Å². The molecule has 1 fully saturated rings. The fourth-order valence-corrected chi connectivity index (χ4v) is 3.01. The Hall–Kier alpha value is -1.39. The highest BCUT2D eigenvalue weighted by Crippen LogP contribution is 2.26. The van der Waals surface area contributed by atoms with E-state index in [0.29, 0.717) is 23.6 Å². The molecule has 0 spiro atoms. The van der Waals surface area contributed by atoms with Crippen LogP contribution in [0.4, 0.5) is 0 Å². The second-order valence-corrected chi connectivity index (χ2v) is 5.85. The average Bonchev–Trinajstić information content (AvgIpc) is 2.53. The van der Waals surface area contributed by atoms with Crippen LogP contribution in [0.5, 0.6) is 0 Å². The molecule has 5 heteroatoms. The Morgan fingerprint density at radius 1 is 1.14 bits per heavy atom. The molecule has 1 atom stereocenters. The Balaban J connectivity index is 0.00000242. The van der Waals surface area contributed by atoms with Crippen LogP contribution in [0.25, 0.3) is 0 Å². The van der Waals surface area contributed by atoms with E-state index in [2.05, 4.69) is 5.32 Å². The zero-order valence-electron chi connectivity index (χ0n) is 13.0. The minimum Gasteiger partial charge on any atom is -0.348 e. The molecule has 22 heavy (non-hydrogen) atoms. The number of hydrogen-bond donors (Lipinski definition) is 2. The number of nitrogens with two attached hydrogens (primary N) is 1. The first-order chi connectivity index (χ1) is 10.1. The van der Waals surface area contributed by atoms with Gasteiger partial charge >= 0.3 is 0 Å². The summed E-state index contributed by atoms with van der Waals surface area (Å²) in [4.78, 5) is 23.5. The van der Waals surface area contributed by atoms with E-state index in [1.807, 2.05) is 0 Å². The summed E-state index contributed by atoms with van der Waals surface area (Å²) in [5, 5.41) is 3.05. The Kier molecular flexibility index (Phi) is 7.56. The molecule has 4 nitrogen and oxygen atoms in total. The van der Waals surface area contributed by atoms with Crippen molar-refractivity contribution in [2.45, 2.75) is 45.1 Å². The normalized spacial score (nSPS) is 16.5. The summed E-state index contributed by atoms with van der Waals surface area (Å²) in [5.74, 6) is 0.388. The van der Waals surface area contributed by atoms with Gasteiger partial charge in [-0.15, -0.1) is 12.4 Å². The quantitative estimate of drug-likeness (QED) is 0.818. The van der Waals surface area contributed by atoms with E-state index in [1.54, 1.807) is 24.3 Å². The van der Waals surface area contributed by atoms with Crippen molar-refractivity contribution in [1.29, 1.82) is 0 Å². The van der Waals surface area contributed by atoms with Gasteiger partial charge < -0.3 is 11.1 Å². The van der Waals surface area contributed by atoms with Crippen LogP contribution in [0.3, 0.4) is 0 Å². The molecular formula is C17H25ClN2O2. The predicted molar refractivity (Wildman–Crippen MR) is 90.6 cm³/mol. The molecule has 1 unspecified atom stereocenters.